The molecular weight excluding hydrogens is 292 g/mol. The predicted molar refractivity (Wildman–Crippen MR) is 77.5 cm³/mol. The van der Waals surface area contributed by atoms with Crippen molar-refractivity contribution < 1.29 is 5.11 Å². The van der Waals surface area contributed by atoms with E-state index in [1.807, 2.05) is 12.1 Å². The van der Waals surface area contributed by atoms with E-state index in [0.29, 0.717) is 17.7 Å². The van der Waals surface area contributed by atoms with E-state index in [1.54, 1.807) is 6.07 Å². The molecule has 0 radical (unpaired) electrons. The summed E-state index contributed by atoms with van der Waals surface area (Å²) in [6.07, 6.45) is 2.18. The van der Waals surface area contributed by atoms with Gasteiger partial charge in [0.05, 0.1) is 0 Å². The van der Waals surface area contributed by atoms with Gasteiger partial charge >= 0.3 is 0 Å². The number of likely N-dealkylation sites (tertiary alicyclic amines) is 1. The number of piperidine rings is 1. The molecule has 3 nitrogen and oxygen atoms in total. The second-order valence-corrected chi connectivity index (χ2v) is 6.04. The molecule has 1 aliphatic heterocycles. The van der Waals surface area contributed by atoms with E-state index in [1.165, 1.54) is 0 Å². The number of hydrogen-bond acceptors (Lipinski definition) is 3. The summed E-state index contributed by atoms with van der Waals surface area (Å²) in [5.41, 5.74) is 7.10. The van der Waals surface area contributed by atoms with Gasteiger partial charge in [0.25, 0.3) is 0 Å². The molecule has 4 heteroatoms. The first-order valence-electron chi connectivity index (χ1n) is 6.55. The maximum Gasteiger partial charge on any atom is 0.120 e. The van der Waals surface area contributed by atoms with Gasteiger partial charge in [-0.3, -0.25) is 4.90 Å². The fourth-order valence-corrected chi connectivity index (χ4v) is 3.03. The van der Waals surface area contributed by atoms with Crippen LogP contribution in [0.4, 0.5) is 0 Å². The molecule has 1 aliphatic rings. The topological polar surface area (TPSA) is 49.5 Å². The average molecular weight is 313 g/mol. The lowest BCUT2D eigenvalue weighted by molar-refractivity contribution is 0.144. The van der Waals surface area contributed by atoms with E-state index in [0.717, 1.165) is 42.5 Å². The fraction of sp³-hybridized carbons (Fsp3) is 0.571. The maximum atomic E-state index is 9.87. The molecule has 0 aliphatic carbocycles. The number of rotatable bonds is 3. The van der Waals surface area contributed by atoms with Gasteiger partial charge in [-0.1, -0.05) is 29.3 Å². The Balaban J connectivity index is 2.03. The third-order valence-corrected chi connectivity index (χ3v) is 4.33. The molecule has 1 fully saturated rings. The summed E-state index contributed by atoms with van der Waals surface area (Å²) in [4.78, 5) is 2.39. The van der Waals surface area contributed by atoms with E-state index in [9.17, 15) is 5.11 Å². The molecule has 18 heavy (non-hydrogen) atoms. The van der Waals surface area contributed by atoms with Gasteiger partial charge in [-0.05, 0) is 37.1 Å². The molecule has 0 bridgehead atoms. The fourth-order valence-electron chi connectivity index (χ4n) is 2.62. The number of nitrogens with two attached hydrogens (primary N) is 1. The van der Waals surface area contributed by atoms with E-state index in [-0.39, 0.29) is 0 Å². The molecule has 2 unspecified atom stereocenters. The standard InChI is InChI=1S/C14H21BrN2O/c1-2-10-8-17(6-5-13(10)16)9-11-7-12(15)3-4-14(11)18/h3-4,7,10,13,18H,2,5-6,8-9,16H2,1H3. The zero-order valence-corrected chi connectivity index (χ0v) is 12.4. The first kappa shape index (κ1) is 13.8. The minimum Gasteiger partial charge on any atom is -0.508 e. The van der Waals surface area contributed by atoms with Crippen molar-refractivity contribution in [3.63, 3.8) is 0 Å². The van der Waals surface area contributed by atoms with E-state index in [4.69, 9.17) is 5.73 Å². The van der Waals surface area contributed by atoms with Crippen LogP contribution in [0.2, 0.25) is 0 Å². The molecule has 0 amide bonds. The summed E-state index contributed by atoms with van der Waals surface area (Å²) >= 11 is 3.45. The van der Waals surface area contributed by atoms with Gasteiger partial charge in [-0.25, -0.2) is 0 Å². The van der Waals surface area contributed by atoms with Crippen LogP contribution in [0.25, 0.3) is 0 Å². The molecule has 1 aromatic carbocycles. The lowest BCUT2D eigenvalue weighted by Gasteiger charge is -2.36. The number of phenols is 1. The van der Waals surface area contributed by atoms with E-state index >= 15 is 0 Å². The Bertz CT molecular complexity index is 411. The smallest absolute Gasteiger partial charge is 0.120 e. The van der Waals surface area contributed by atoms with Crippen LogP contribution in [0, 0.1) is 5.92 Å². The van der Waals surface area contributed by atoms with Crippen molar-refractivity contribution in [1.29, 1.82) is 0 Å². The van der Waals surface area contributed by atoms with Crippen molar-refractivity contribution in [1.82, 2.24) is 4.90 Å². The van der Waals surface area contributed by atoms with Crippen LogP contribution in [-0.4, -0.2) is 29.1 Å². The minimum absolute atomic E-state index is 0.336. The highest BCUT2D eigenvalue weighted by atomic mass is 79.9. The molecule has 2 atom stereocenters. The van der Waals surface area contributed by atoms with Crippen molar-refractivity contribution in [3.05, 3.63) is 28.2 Å². The highest BCUT2D eigenvalue weighted by molar-refractivity contribution is 9.10. The van der Waals surface area contributed by atoms with Gasteiger partial charge in [0.1, 0.15) is 5.75 Å². The lowest BCUT2D eigenvalue weighted by atomic mass is 9.90. The Hall–Kier alpha value is -0.580. The van der Waals surface area contributed by atoms with Crippen LogP contribution in [0.1, 0.15) is 25.3 Å². The zero-order valence-electron chi connectivity index (χ0n) is 10.8. The van der Waals surface area contributed by atoms with Crippen LogP contribution in [0.5, 0.6) is 5.75 Å². The van der Waals surface area contributed by atoms with Crippen molar-refractivity contribution in [2.45, 2.75) is 32.4 Å². The molecule has 100 valence electrons. The average Bonchev–Trinajstić information content (AvgIpc) is 2.36. The summed E-state index contributed by atoms with van der Waals surface area (Å²) < 4.78 is 1.01. The van der Waals surface area contributed by atoms with Gasteiger partial charge in [-0.15, -0.1) is 0 Å². The zero-order chi connectivity index (χ0) is 13.1. The first-order valence-corrected chi connectivity index (χ1v) is 7.34. The molecular formula is C14H21BrN2O. The van der Waals surface area contributed by atoms with Gasteiger partial charge < -0.3 is 10.8 Å². The van der Waals surface area contributed by atoms with E-state index < -0.39 is 0 Å². The van der Waals surface area contributed by atoms with Crippen LogP contribution < -0.4 is 5.73 Å². The number of nitrogens with zero attached hydrogens (tertiary/aromatic N) is 1. The Morgan fingerprint density at radius 2 is 2.28 bits per heavy atom. The summed E-state index contributed by atoms with van der Waals surface area (Å²) in [5.74, 6) is 0.953. The number of halogens is 1. The summed E-state index contributed by atoms with van der Waals surface area (Å²) in [5, 5.41) is 9.87. The highest BCUT2D eigenvalue weighted by Gasteiger charge is 2.25. The molecule has 0 spiro atoms. The number of hydrogen-bond donors (Lipinski definition) is 2. The largest absolute Gasteiger partial charge is 0.508 e. The molecule has 2 rings (SSSR count). The molecule has 0 aromatic heterocycles. The Morgan fingerprint density at radius 1 is 1.50 bits per heavy atom. The molecule has 1 aromatic rings. The Morgan fingerprint density at radius 3 is 3.00 bits per heavy atom. The Kier molecular flexibility index (Phi) is 4.65. The second kappa shape index (κ2) is 6.04. The first-order chi connectivity index (χ1) is 8.60. The molecule has 1 saturated heterocycles. The SMILES string of the molecule is CCC1CN(Cc2cc(Br)ccc2O)CCC1N. The molecule has 3 N–H and O–H groups in total. The normalized spacial score (nSPS) is 25.3. The monoisotopic (exact) mass is 312 g/mol. The second-order valence-electron chi connectivity index (χ2n) is 5.13. The van der Waals surface area contributed by atoms with Crippen LogP contribution in [0.3, 0.4) is 0 Å². The van der Waals surface area contributed by atoms with Gasteiger partial charge in [0.2, 0.25) is 0 Å². The van der Waals surface area contributed by atoms with Crippen LogP contribution in [-0.2, 0) is 6.54 Å². The predicted octanol–water partition coefficient (Wildman–Crippen LogP) is 2.71. The number of aromatic hydroxyl groups is 1. The van der Waals surface area contributed by atoms with Crippen LogP contribution >= 0.6 is 15.9 Å². The minimum atomic E-state index is 0.336. The molecule has 0 saturated carbocycles. The number of phenolic OH excluding ortho intramolecular Hbond substituents is 1. The van der Waals surface area contributed by atoms with Crippen molar-refractivity contribution >= 4 is 15.9 Å². The van der Waals surface area contributed by atoms with Crippen molar-refractivity contribution in [3.8, 4) is 5.75 Å². The summed E-state index contributed by atoms with van der Waals surface area (Å²) in [6.45, 7) is 5.05. The maximum absolute atomic E-state index is 9.87. The van der Waals surface area contributed by atoms with Gasteiger partial charge in [0, 0.05) is 29.2 Å². The lowest BCUT2D eigenvalue weighted by Crippen LogP contribution is -2.46. The highest BCUT2D eigenvalue weighted by Crippen LogP contribution is 2.26. The van der Waals surface area contributed by atoms with Crippen molar-refractivity contribution in [2.75, 3.05) is 13.1 Å². The Labute approximate surface area is 117 Å². The quantitative estimate of drug-likeness (QED) is 0.902. The van der Waals surface area contributed by atoms with Gasteiger partial charge in [0.15, 0.2) is 0 Å². The third-order valence-electron chi connectivity index (χ3n) is 3.84. The van der Waals surface area contributed by atoms with E-state index in [2.05, 4.69) is 27.8 Å². The van der Waals surface area contributed by atoms with Crippen LogP contribution in [0.15, 0.2) is 22.7 Å². The third kappa shape index (κ3) is 3.25. The molecule has 1 heterocycles. The summed E-state index contributed by atoms with van der Waals surface area (Å²) in [7, 11) is 0. The van der Waals surface area contributed by atoms with Crippen molar-refractivity contribution in [2.24, 2.45) is 11.7 Å². The van der Waals surface area contributed by atoms with Gasteiger partial charge in [-0.2, -0.15) is 0 Å². The summed E-state index contributed by atoms with van der Waals surface area (Å²) in [6, 6.07) is 5.93. The number of benzene rings is 1.